The Balaban J connectivity index is 1.76. The minimum atomic E-state index is 0.464. The Morgan fingerprint density at radius 2 is 1.78 bits per heavy atom. The number of rotatable bonds is 7. The maximum atomic E-state index is 4.52. The van der Waals surface area contributed by atoms with Crippen molar-refractivity contribution in [2.75, 3.05) is 28.6 Å². The highest BCUT2D eigenvalue weighted by Gasteiger charge is 2.07. The molecule has 2 aromatic carbocycles. The monoisotopic (exact) mass is 362 g/mol. The van der Waals surface area contributed by atoms with Crippen LogP contribution in [0.25, 0.3) is 0 Å². The average molecular weight is 362 g/mol. The van der Waals surface area contributed by atoms with Crippen molar-refractivity contribution >= 4 is 28.8 Å². The van der Waals surface area contributed by atoms with Gasteiger partial charge >= 0.3 is 0 Å². The maximum Gasteiger partial charge on any atom is 0.249 e. The van der Waals surface area contributed by atoms with Crippen molar-refractivity contribution in [2.45, 2.75) is 27.7 Å². The van der Waals surface area contributed by atoms with Gasteiger partial charge in [0.15, 0.2) is 5.82 Å². The second kappa shape index (κ2) is 8.49. The molecule has 0 unspecified atom stereocenters. The minimum Gasteiger partial charge on any atom is -0.372 e. The number of benzene rings is 2. The molecule has 1 aromatic heterocycles. The molecular formula is C21H26N6. The standard InChI is InChI=1S/C21H26N6/c1-5-27(6-2)18-10-11-19(16(4)13-18)24-21-25-20(14-22-26-21)23-17-9-7-8-15(3)12-17/h7-14H,5-6H2,1-4H3,(H2,23,24,25,26). The number of aryl methyl sites for hydroxylation is 2. The minimum absolute atomic E-state index is 0.464. The molecule has 0 aliphatic rings. The van der Waals surface area contributed by atoms with Crippen LogP contribution in [0.2, 0.25) is 0 Å². The molecule has 6 heteroatoms. The normalized spacial score (nSPS) is 10.5. The summed E-state index contributed by atoms with van der Waals surface area (Å²) in [5.41, 5.74) is 5.49. The van der Waals surface area contributed by atoms with E-state index in [1.807, 2.05) is 12.1 Å². The molecule has 0 atom stereocenters. The summed E-state index contributed by atoms with van der Waals surface area (Å²) in [6.07, 6.45) is 1.61. The van der Waals surface area contributed by atoms with Crippen LogP contribution in [0.4, 0.5) is 28.8 Å². The van der Waals surface area contributed by atoms with Gasteiger partial charge in [-0.05, 0) is 69.2 Å². The molecule has 0 aliphatic carbocycles. The van der Waals surface area contributed by atoms with Gasteiger partial charge in [-0.3, -0.25) is 0 Å². The SMILES string of the molecule is CCN(CC)c1ccc(Nc2nncc(Nc3cccc(C)c3)n2)c(C)c1. The molecule has 0 fully saturated rings. The molecule has 27 heavy (non-hydrogen) atoms. The predicted molar refractivity (Wildman–Crippen MR) is 112 cm³/mol. The predicted octanol–water partition coefficient (Wildman–Crippen LogP) is 4.82. The lowest BCUT2D eigenvalue weighted by molar-refractivity contribution is 0.865. The maximum absolute atomic E-state index is 4.52. The Morgan fingerprint density at radius 3 is 2.48 bits per heavy atom. The first-order valence-electron chi connectivity index (χ1n) is 9.25. The van der Waals surface area contributed by atoms with Gasteiger partial charge in [0.05, 0.1) is 6.20 Å². The first-order valence-corrected chi connectivity index (χ1v) is 9.25. The zero-order valence-electron chi connectivity index (χ0n) is 16.3. The van der Waals surface area contributed by atoms with Gasteiger partial charge in [-0.25, -0.2) is 0 Å². The van der Waals surface area contributed by atoms with Gasteiger partial charge < -0.3 is 15.5 Å². The molecule has 1 heterocycles. The summed E-state index contributed by atoms with van der Waals surface area (Å²) >= 11 is 0. The Kier molecular flexibility index (Phi) is 5.86. The number of anilines is 5. The zero-order valence-corrected chi connectivity index (χ0v) is 16.3. The molecule has 3 rings (SSSR count). The largest absolute Gasteiger partial charge is 0.372 e. The van der Waals surface area contributed by atoms with Gasteiger partial charge in [-0.2, -0.15) is 10.1 Å². The van der Waals surface area contributed by atoms with Crippen LogP contribution in [0.5, 0.6) is 0 Å². The fourth-order valence-corrected chi connectivity index (χ4v) is 2.98. The van der Waals surface area contributed by atoms with E-state index in [1.54, 1.807) is 6.20 Å². The molecule has 2 N–H and O–H groups in total. The lowest BCUT2D eigenvalue weighted by Crippen LogP contribution is -2.21. The quantitative estimate of drug-likeness (QED) is 0.628. The third-order valence-electron chi connectivity index (χ3n) is 4.43. The molecule has 0 saturated heterocycles. The van der Waals surface area contributed by atoms with Crippen molar-refractivity contribution in [3.05, 3.63) is 59.8 Å². The summed E-state index contributed by atoms with van der Waals surface area (Å²) in [6, 6.07) is 14.5. The molecule has 3 aromatic rings. The van der Waals surface area contributed by atoms with Gasteiger partial charge in [-0.1, -0.05) is 12.1 Å². The number of aromatic nitrogens is 3. The van der Waals surface area contributed by atoms with E-state index in [-0.39, 0.29) is 0 Å². The first kappa shape index (κ1) is 18.6. The highest BCUT2D eigenvalue weighted by molar-refractivity contribution is 5.65. The lowest BCUT2D eigenvalue weighted by atomic mass is 10.1. The number of hydrogen-bond acceptors (Lipinski definition) is 6. The summed E-state index contributed by atoms with van der Waals surface area (Å²) in [4.78, 5) is 6.84. The van der Waals surface area contributed by atoms with Gasteiger partial charge in [-0.15, -0.1) is 5.10 Å². The van der Waals surface area contributed by atoms with E-state index in [0.717, 1.165) is 30.0 Å². The van der Waals surface area contributed by atoms with Crippen molar-refractivity contribution in [3.63, 3.8) is 0 Å². The topological polar surface area (TPSA) is 66.0 Å². The Bertz CT molecular complexity index is 905. The van der Waals surface area contributed by atoms with Crippen molar-refractivity contribution in [1.82, 2.24) is 15.2 Å². The Hall–Kier alpha value is -3.15. The Labute approximate surface area is 160 Å². The van der Waals surface area contributed by atoms with Crippen LogP contribution in [0.15, 0.2) is 48.7 Å². The van der Waals surface area contributed by atoms with E-state index in [1.165, 1.54) is 11.3 Å². The summed E-state index contributed by atoms with van der Waals surface area (Å²) in [5.74, 6) is 1.11. The van der Waals surface area contributed by atoms with Crippen LogP contribution < -0.4 is 15.5 Å². The van der Waals surface area contributed by atoms with Gasteiger partial charge in [0.25, 0.3) is 0 Å². The van der Waals surface area contributed by atoms with E-state index >= 15 is 0 Å². The van der Waals surface area contributed by atoms with E-state index in [4.69, 9.17) is 0 Å². The smallest absolute Gasteiger partial charge is 0.249 e. The van der Waals surface area contributed by atoms with Crippen molar-refractivity contribution in [3.8, 4) is 0 Å². The molecule has 0 saturated carbocycles. The summed E-state index contributed by atoms with van der Waals surface area (Å²) in [6.45, 7) is 10.4. The van der Waals surface area contributed by atoms with Crippen molar-refractivity contribution in [1.29, 1.82) is 0 Å². The molecule has 6 nitrogen and oxygen atoms in total. The highest BCUT2D eigenvalue weighted by atomic mass is 15.3. The first-order chi connectivity index (χ1) is 13.1. The molecular weight excluding hydrogens is 336 g/mol. The third-order valence-corrected chi connectivity index (χ3v) is 4.43. The fraction of sp³-hybridized carbons (Fsp3) is 0.286. The molecule has 0 amide bonds. The lowest BCUT2D eigenvalue weighted by Gasteiger charge is -2.22. The van der Waals surface area contributed by atoms with E-state index in [2.05, 4.69) is 88.7 Å². The summed E-state index contributed by atoms with van der Waals surface area (Å²) < 4.78 is 0. The number of nitrogens with zero attached hydrogens (tertiary/aromatic N) is 4. The van der Waals surface area contributed by atoms with Crippen LogP contribution in [0, 0.1) is 13.8 Å². The van der Waals surface area contributed by atoms with Crippen molar-refractivity contribution in [2.24, 2.45) is 0 Å². The van der Waals surface area contributed by atoms with E-state index in [0.29, 0.717) is 11.8 Å². The average Bonchev–Trinajstić information content (AvgIpc) is 2.65. The van der Waals surface area contributed by atoms with Gasteiger partial charge in [0.2, 0.25) is 5.95 Å². The fourth-order valence-electron chi connectivity index (χ4n) is 2.98. The molecule has 0 spiro atoms. The van der Waals surface area contributed by atoms with Gasteiger partial charge in [0, 0.05) is 30.2 Å². The third kappa shape index (κ3) is 4.73. The zero-order chi connectivity index (χ0) is 19.2. The van der Waals surface area contributed by atoms with Crippen LogP contribution in [0.1, 0.15) is 25.0 Å². The van der Waals surface area contributed by atoms with Gasteiger partial charge in [0.1, 0.15) is 0 Å². The Morgan fingerprint density at radius 1 is 0.963 bits per heavy atom. The highest BCUT2D eigenvalue weighted by Crippen LogP contribution is 2.25. The van der Waals surface area contributed by atoms with Crippen LogP contribution in [-0.4, -0.2) is 28.3 Å². The summed E-state index contributed by atoms with van der Waals surface area (Å²) in [7, 11) is 0. The second-order valence-electron chi connectivity index (χ2n) is 6.46. The molecule has 0 radical (unpaired) electrons. The van der Waals surface area contributed by atoms with E-state index < -0.39 is 0 Å². The van der Waals surface area contributed by atoms with Crippen LogP contribution >= 0.6 is 0 Å². The number of nitrogens with one attached hydrogen (secondary N) is 2. The molecule has 140 valence electrons. The van der Waals surface area contributed by atoms with Crippen LogP contribution in [-0.2, 0) is 0 Å². The van der Waals surface area contributed by atoms with E-state index in [9.17, 15) is 0 Å². The molecule has 0 aliphatic heterocycles. The van der Waals surface area contributed by atoms with Crippen molar-refractivity contribution < 1.29 is 0 Å². The summed E-state index contributed by atoms with van der Waals surface area (Å²) in [5, 5.41) is 14.7. The number of hydrogen-bond donors (Lipinski definition) is 2. The molecule has 0 bridgehead atoms. The second-order valence-corrected chi connectivity index (χ2v) is 6.46. The van der Waals surface area contributed by atoms with Crippen LogP contribution in [0.3, 0.4) is 0 Å².